The van der Waals surface area contributed by atoms with Crippen molar-refractivity contribution in [1.29, 1.82) is 0 Å². The summed E-state index contributed by atoms with van der Waals surface area (Å²) in [6.07, 6.45) is 1.78. The highest BCUT2D eigenvalue weighted by Crippen LogP contribution is 2.33. The Morgan fingerprint density at radius 2 is 1.83 bits per heavy atom. The lowest BCUT2D eigenvalue weighted by molar-refractivity contribution is 0.626. The first-order valence-electron chi connectivity index (χ1n) is 6.23. The zero-order valence-corrected chi connectivity index (χ0v) is 12.2. The van der Waals surface area contributed by atoms with Gasteiger partial charge in [0.15, 0.2) is 0 Å². The second-order valence-electron chi connectivity index (χ2n) is 4.33. The largest absolute Gasteiger partial charge is 0.207 e. The Hall–Kier alpha value is -1.15. The average molecular weight is 307 g/mol. The van der Waals surface area contributed by atoms with Gasteiger partial charge in [0.25, 0.3) is 0 Å². The van der Waals surface area contributed by atoms with Crippen molar-refractivity contribution in [3.63, 3.8) is 0 Å². The highest BCUT2D eigenvalue weighted by Gasteiger charge is 2.10. The lowest BCUT2D eigenvalue weighted by atomic mass is 9.96. The maximum atomic E-state index is 13.7. The van der Waals surface area contributed by atoms with Gasteiger partial charge in [0.1, 0.15) is 5.82 Å². The molecule has 0 fully saturated rings. The molecular formula is C16H16BrF. The summed E-state index contributed by atoms with van der Waals surface area (Å²) in [6.45, 7) is 4.16. The molecule has 0 saturated heterocycles. The Bertz CT molecular complexity index is 561. The van der Waals surface area contributed by atoms with Crippen LogP contribution in [0.5, 0.6) is 0 Å². The van der Waals surface area contributed by atoms with Gasteiger partial charge in [0, 0.05) is 4.47 Å². The van der Waals surface area contributed by atoms with Gasteiger partial charge in [0.05, 0.1) is 0 Å². The van der Waals surface area contributed by atoms with Crippen LogP contribution in [-0.2, 0) is 12.8 Å². The molecule has 2 heteroatoms. The van der Waals surface area contributed by atoms with Crippen LogP contribution in [0.2, 0.25) is 0 Å². The van der Waals surface area contributed by atoms with E-state index >= 15 is 0 Å². The Kier molecular flexibility index (Phi) is 4.18. The van der Waals surface area contributed by atoms with Crippen LogP contribution in [0.1, 0.15) is 25.0 Å². The van der Waals surface area contributed by atoms with Crippen LogP contribution in [0.3, 0.4) is 0 Å². The fourth-order valence-electron chi connectivity index (χ4n) is 2.19. The van der Waals surface area contributed by atoms with Gasteiger partial charge < -0.3 is 0 Å². The van der Waals surface area contributed by atoms with Gasteiger partial charge >= 0.3 is 0 Å². The Labute approximate surface area is 116 Å². The topological polar surface area (TPSA) is 0 Å². The van der Waals surface area contributed by atoms with Crippen molar-refractivity contribution in [2.45, 2.75) is 26.7 Å². The standard InChI is InChI=1S/C16H16BrF/c1-3-11-8-13(10-14(18)9-11)16-12(4-2)6-5-7-15(16)17/h5-10H,3-4H2,1-2H3. The van der Waals surface area contributed by atoms with Crippen LogP contribution < -0.4 is 0 Å². The fraction of sp³-hybridized carbons (Fsp3) is 0.250. The van der Waals surface area contributed by atoms with E-state index < -0.39 is 0 Å². The molecule has 0 aliphatic heterocycles. The van der Waals surface area contributed by atoms with E-state index in [1.54, 1.807) is 12.1 Å². The van der Waals surface area contributed by atoms with Crippen LogP contribution in [0.4, 0.5) is 4.39 Å². The molecule has 2 rings (SSSR count). The molecule has 0 saturated carbocycles. The first-order valence-corrected chi connectivity index (χ1v) is 7.02. The predicted octanol–water partition coefficient (Wildman–Crippen LogP) is 5.38. The highest BCUT2D eigenvalue weighted by atomic mass is 79.9. The van der Waals surface area contributed by atoms with Crippen molar-refractivity contribution in [2.75, 3.05) is 0 Å². The molecular weight excluding hydrogens is 291 g/mol. The molecule has 0 unspecified atom stereocenters. The SMILES string of the molecule is CCc1cc(F)cc(-c2c(Br)cccc2CC)c1. The number of halogens is 2. The van der Waals surface area contributed by atoms with Crippen molar-refractivity contribution < 1.29 is 4.39 Å². The Morgan fingerprint density at radius 1 is 1.06 bits per heavy atom. The van der Waals surface area contributed by atoms with E-state index in [0.29, 0.717) is 0 Å². The second kappa shape index (κ2) is 5.66. The summed E-state index contributed by atoms with van der Waals surface area (Å²) in [5, 5.41) is 0. The van der Waals surface area contributed by atoms with Gasteiger partial charge in [-0.05, 0) is 53.3 Å². The van der Waals surface area contributed by atoms with Gasteiger partial charge in [-0.1, -0.05) is 48.0 Å². The van der Waals surface area contributed by atoms with E-state index in [9.17, 15) is 4.39 Å². The minimum Gasteiger partial charge on any atom is -0.207 e. The molecule has 18 heavy (non-hydrogen) atoms. The summed E-state index contributed by atoms with van der Waals surface area (Å²) in [5.41, 5.74) is 4.32. The van der Waals surface area contributed by atoms with Crippen molar-refractivity contribution in [3.8, 4) is 11.1 Å². The molecule has 0 bridgehead atoms. The smallest absolute Gasteiger partial charge is 0.124 e. The molecule has 2 aromatic rings. The summed E-state index contributed by atoms with van der Waals surface area (Å²) >= 11 is 3.57. The highest BCUT2D eigenvalue weighted by molar-refractivity contribution is 9.10. The monoisotopic (exact) mass is 306 g/mol. The summed E-state index contributed by atoms with van der Waals surface area (Å²) in [4.78, 5) is 0. The van der Waals surface area contributed by atoms with Crippen molar-refractivity contribution in [3.05, 3.63) is 57.8 Å². The molecule has 0 amide bonds. The van der Waals surface area contributed by atoms with E-state index in [1.165, 1.54) is 5.56 Å². The lowest BCUT2D eigenvalue weighted by Crippen LogP contribution is -1.92. The van der Waals surface area contributed by atoms with E-state index in [2.05, 4.69) is 35.0 Å². The van der Waals surface area contributed by atoms with Gasteiger partial charge in [-0.2, -0.15) is 0 Å². The Morgan fingerprint density at radius 3 is 2.50 bits per heavy atom. The van der Waals surface area contributed by atoms with Crippen LogP contribution in [0.25, 0.3) is 11.1 Å². The molecule has 0 atom stereocenters. The van der Waals surface area contributed by atoms with E-state index in [4.69, 9.17) is 0 Å². The predicted molar refractivity (Wildman–Crippen MR) is 78.3 cm³/mol. The minimum absolute atomic E-state index is 0.165. The fourth-order valence-corrected chi connectivity index (χ4v) is 2.82. The third-order valence-corrected chi connectivity index (χ3v) is 3.80. The van der Waals surface area contributed by atoms with E-state index in [1.807, 2.05) is 19.1 Å². The van der Waals surface area contributed by atoms with Gasteiger partial charge in [-0.25, -0.2) is 4.39 Å². The summed E-state index contributed by atoms with van der Waals surface area (Å²) in [6, 6.07) is 11.4. The minimum atomic E-state index is -0.165. The quantitative estimate of drug-likeness (QED) is 0.714. The number of hydrogen-bond donors (Lipinski definition) is 0. The third kappa shape index (κ3) is 2.64. The third-order valence-electron chi connectivity index (χ3n) is 3.14. The van der Waals surface area contributed by atoms with Crippen LogP contribution in [-0.4, -0.2) is 0 Å². The molecule has 0 aliphatic rings. The Balaban J connectivity index is 2.64. The van der Waals surface area contributed by atoms with Crippen molar-refractivity contribution in [2.24, 2.45) is 0 Å². The number of hydrogen-bond acceptors (Lipinski definition) is 0. The number of rotatable bonds is 3. The summed E-state index contributed by atoms with van der Waals surface area (Å²) < 4.78 is 14.7. The molecule has 0 radical (unpaired) electrons. The van der Waals surface area contributed by atoms with Gasteiger partial charge in [-0.15, -0.1) is 0 Å². The van der Waals surface area contributed by atoms with Crippen LogP contribution in [0, 0.1) is 5.82 Å². The maximum Gasteiger partial charge on any atom is 0.124 e. The second-order valence-corrected chi connectivity index (χ2v) is 5.18. The van der Waals surface area contributed by atoms with Crippen molar-refractivity contribution in [1.82, 2.24) is 0 Å². The van der Waals surface area contributed by atoms with Crippen LogP contribution >= 0.6 is 15.9 Å². The molecule has 2 aromatic carbocycles. The van der Waals surface area contributed by atoms with Crippen molar-refractivity contribution >= 4 is 15.9 Å². The number of aryl methyl sites for hydroxylation is 2. The molecule has 0 N–H and O–H groups in total. The summed E-state index contributed by atoms with van der Waals surface area (Å²) in [7, 11) is 0. The maximum absolute atomic E-state index is 13.7. The molecule has 0 heterocycles. The molecule has 0 nitrogen and oxygen atoms in total. The molecule has 0 aromatic heterocycles. The van der Waals surface area contributed by atoms with E-state index in [0.717, 1.165) is 34.0 Å². The van der Waals surface area contributed by atoms with Gasteiger partial charge in [0.2, 0.25) is 0 Å². The zero-order chi connectivity index (χ0) is 13.1. The first-order chi connectivity index (χ1) is 8.65. The zero-order valence-electron chi connectivity index (χ0n) is 10.6. The molecule has 94 valence electrons. The molecule has 0 spiro atoms. The van der Waals surface area contributed by atoms with Gasteiger partial charge in [-0.3, -0.25) is 0 Å². The first kappa shape index (κ1) is 13.3. The number of benzene rings is 2. The lowest BCUT2D eigenvalue weighted by Gasteiger charge is -2.12. The molecule has 0 aliphatic carbocycles. The van der Waals surface area contributed by atoms with Crippen LogP contribution in [0.15, 0.2) is 40.9 Å². The van der Waals surface area contributed by atoms with E-state index in [-0.39, 0.29) is 5.82 Å². The normalized spacial score (nSPS) is 10.7. The average Bonchev–Trinajstić information content (AvgIpc) is 2.37. The summed E-state index contributed by atoms with van der Waals surface area (Å²) in [5.74, 6) is -0.165.